The standard InChI is InChI=1S/C64H43N3S2.C54H37N3S2/c1-4-18-45(19-5-1)55-27-12-14-29-60(55)67(48-23-8-3-9-24-48)52-35-38-62-59(41-52)58-37-34-54(43-64(58)69-62)66(53-33-36-57-56-28-13-15-30-61(56)68-63(57)42-53)50-26-16-25-49(40-50)65(47-21-6-2-7-22-47)51-32-31-44-17-10-11-20-46(44)39-51;1-5-16-38(17-6-1)55(39-18-7-2-8-19-39)42-24-15-25-43(34-42)57(45-30-32-52-49(36-45)47-26-13-14-27-51(47)58-52)46-28-31-48-50-35-44(29-33-53(50)59-54(48)37-46)56(40-20-9-3-10-21-40)41-22-11-4-12-23-41/h1-43H;1-37H. The molecule has 0 unspecified atom stereocenters. The van der Waals surface area contributed by atoms with Crippen LogP contribution in [-0.2, 0) is 0 Å². The Balaban J connectivity index is 0.000000148. The van der Waals surface area contributed by atoms with Crippen LogP contribution in [0.25, 0.3) is 103 Å². The molecule has 0 atom stereocenters. The summed E-state index contributed by atoms with van der Waals surface area (Å²) in [6, 6.07) is 176. The van der Waals surface area contributed by atoms with Gasteiger partial charge in [0, 0.05) is 183 Å². The molecule has 4 heterocycles. The zero-order valence-electron chi connectivity index (χ0n) is 69.5. The lowest BCUT2D eigenvalue weighted by Crippen LogP contribution is -2.13. The van der Waals surface area contributed by atoms with Crippen molar-refractivity contribution >= 4 is 239 Å². The minimum Gasteiger partial charge on any atom is -0.310 e. The summed E-state index contributed by atoms with van der Waals surface area (Å²) in [7, 11) is 0. The van der Waals surface area contributed by atoms with Gasteiger partial charge >= 0.3 is 0 Å². The van der Waals surface area contributed by atoms with Gasteiger partial charge < -0.3 is 29.4 Å². The molecule has 0 amide bonds. The number of fused-ring (bicyclic) bond motifs is 13. The van der Waals surface area contributed by atoms with Crippen LogP contribution in [0.15, 0.2) is 485 Å². The number of para-hydroxylation sites is 7. The highest BCUT2D eigenvalue weighted by Gasteiger charge is 2.26. The van der Waals surface area contributed by atoms with Crippen molar-refractivity contribution in [2.75, 3.05) is 29.4 Å². The molecule has 0 aliphatic heterocycles. The second kappa shape index (κ2) is 33.8. The minimum atomic E-state index is 1.08. The number of hydrogen-bond donors (Lipinski definition) is 0. The molecule has 0 aliphatic rings. The summed E-state index contributed by atoms with van der Waals surface area (Å²) < 4.78 is 10.2. The Morgan fingerprint density at radius 3 is 0.797 bits per heavy atom. The van der Waals surface area contributed by atoms with Crippen LogP contribution in [0.5, 0.6) is 0 Å². The third-order valence-electron chi connectivity index (χ3n) is 24.1. The van der Waals surface area contributed by atoms with Crippen LogP contribution in [0.3, 0.4) is 0 Å². The SMILES string of the molecule is c1ccc(-c2ccccc2N(c2ccccc2)c2ccc3sc4cc(N(c5cccc(N(c6ccccc6)c6ccc7ccccc7c6)c5)c5ccc6c(c5)sc5ccccc56)ccc4c3c2)cc1.c1ccc(N(c2ccccc2)c2cccc(N(c3ccc4c(c3)sc3ccc(N(c5ccccc5)c5ccccc5)cc34)c3ccc4sc5ccccc5c4c3)c2)cc1. The van der Waals surface area contributed by atoms with Gasteiger partial charge in [0.2, 0.25) is 0 Å². The molecule has 0 spiro atoms. The van der Waals surface area contributed by atoms with Crippen LogP contribution >= 0.6 is 45.3 Å². The number of rotatable bonds is 19. The van der Waals surface area contributed by atoms with Crippen LogP contribution in [0.2, 0.25) is 0 Å². The monoisotopic (exact) mass is 1710 g/mol. The largest absolute Gasteiger partial charge is 0.310 e. The average molecular weight is 1710 g/mol. The Hall–Kier alpha value is -15.7. The summed E-state index contributed by atoms with van der Waals surface area (Å²) in [5.74, 6) is 0. The molecular formula is C118H80N6S4. The lowest BCUT2D eigenvalue weighted by molar-refractivity contribution is 1.25. The highest BCUT2D eigenvalue weighted by Crippen LogP contribution is 2.52. The Morgan fingerprint density at radius 2 is 0.375 bits per heavy atom. The van der Waals surface area contributed by atoms with E-state index >= 15 is 0 Å². The van der Waals surface area contributed by atoms with Crippen LogP contribution in [0.4, 0.5) is 102 Å². The molecule has 606 valence electrons. The molecule has 24 rings (SSSR count). The first-order valence-corrected chi connectivity index (χ1v) is 46.4. The van der Waals surface area contributed by atoms with Gasteiger partial charge in [-0.2, -0.15) is 0 Å². The lowest BCUT2D eigenvalue weighted by Gasteiger charge is -2.29. The number of hydrogen-bond acceptors (Lipinski definition) is 10. The van der Waals surface area contributed by atoms with Crippen molar-refractivity contribution in [2.45, 2.75) is 0 Å². The second-order valence-electron chi connectivity index (χ2n) is 32.0. The molecule has 4 aromatic heterocycles. The van der Waals surface area contributed by atoms with Gasteiger partial charge in [0.05, 0.1) is 5.69 Å². The van der Waals surface area contributed by atoms with Crippen molar-refractivity contribution in [3.05, 3.63) is 485 Å². The highest BCUT2D eigenvalue weighted by atomic mass is 32.1. The molecule has 0 radical (unpaired) electrons. The van der Waals surface area contributed by atoms with Gasteiger partial charge in [0.25, 0.3) is 0 Å². The molecule has 128 heavy (non-hydrogen) atoms. The summed E-state index contributed by atoms with van der Waals surface area (Å²) in [5.41, 5.74) is 22.3. The van der Waals surface area contributed by atoms with Gasteiger partial charge in [-0.3, -0.25) is 0 Å². The maximum absolute atomic E-state index is 2.43. The molecule has 0 N–H and O–H groups in total. The summed E-state index contributed by atoms with van der Waals surface area (Å²) in [6.07, 6.45) is 0. The van der Waals surface area contributed by atoms with E-state index in [0.29, 0.717) is 0 Å². The zero-order valence-corrected chi connectivity index (χ0v) is 72.8. The van der Waals surface area contributed by atoms with Crippen LogP contribution in [0.1, 0.15) is 0 Å². The molecule has 0 saturated carbocycles. The Morgan fingerprint density at radius 1 is 0.125 bits per heavy atom. The second-order valence-corrected chi connectivity index (χ2v) is 36.3. The van der Waals surface area contributed by atoms with E-state index in [4.69, 9.17) is 0 Å². The van der Waals surface area contributed by atoms with Crippen LogP contribution in [0, 0.1) is 0 Å². The van der Waals surface area contributed by atoms with E-state index in [1.54, 1.807) is 0 Å². The predicted octanol–water partition coefficient (Wildman–Crippen LogP) is 36.5. The number of nitrogens with zero attached hydrogens (tertiary/aromatic N) is 6. The topological polar surface area (TPSA) is 19.4 Å². The van der Waals surface area contributed by atoms with E-state index in [9.17, 15) is 0 Å². The normalized spacial score (nSPS) is 11.4. The fourth-order valence-corrected chi connectivity index (χ4v) is 22.7. The molecule has 0 saturated heterocycles. The molecule has 0 fully saturated rings. The average Bonchev–Trinajstić information content (AvgIpc) is 1.31. The predicted molar refractivity (Wildman–Crippen MR) is 555 cm³/mol. The van der Waals surface area contributed by atoms with Gasteiger partial charge in [-0.15, -0.1) is 45.3 Å². The van der Waals surface area contributed by atoms with Gasteiger partial charge in [0.15, 0.2) is 0 Å². The highest BCUT2D eigenvalue weighted by molar-refractivity contribution is 7.27. The Kier molecular flexibility index (Phi) is 20.4. The maximum atomic E-state index is 2.43. The fraction of sp³-hybridized carbons (Fsp3) is 0. The van der Waals surface area contributed by atoms with E-state index in [1.165, 1.54) is 103 Å². The third kappa shape index (κ3) is 14.7. The number of benzene rings is 20. The lowest BCUT2D eigenvalue weighted by atomic mass is 10.0. The van der Waals surface area contributed by atoms with Crippen molar-refractivity contribution in [3.63, 3.8) is 0 Å². The first-order valence-electron chi connectivity index (χ1n) is 43.2. The number of thiophene rings is 4. The Bertz CT molecular complexity index is 8110. The minimum absolute atomic E-state index is 1.08. The molecule has 0 bridgehead atoms. The van der Waals surface area contributed by atoms with Crippen molar-refractivity contribution in [1.82, 2.24) is 0 Å². The summed E-state index contributed by atoms with van der Waals surface area (Å²) >= 11 is 7.41. The fourth-order valence-electron chi connectivity index (χ4n) is 18.3. The van der Waals surface area contributed by atoms with E-state index in [1.807, 2.05) is 45.3 Å². The van der Waals surface area contributed by atoms with Crippen LogP contribution < -0.4 is 29.4 Å². The Labute approximate surface area is 758 Å². The first-order chi connectivity index (χ1) is 63.4. The van der Waals surface area contributed by atoms with Gasteiger partial charge in [-0.1, -0.05) is 255 Å². The first kappa shape index (κ1) is 77.2. The van der Waals surface area contributed by atoms with Gasteiger partial charge in [-0.05, 0) is 247 Å². The zero-order chi connectivity index (χ0) is 84.8. The summed E-state index contributed by atoms with van der Waals surface area (Å²) in [5, 5.41) is 12.6. The molecule has 10 heteroatoms. The van der Waals surface area contributed by atoms with Crippen molar-refractivity contribution in [3.8, 4) is 11.1 Å². The van der Waals surface area contributed by atoms with E-state index < -0.39 is 0 Å². The van der Waals surface area contributed by atoms with Gasteiger partial charge in [-0.25, -0.2) is 0 Å². The van der Waals surface area contributed by atoms with Crippen molar-refractivity contribution in [2.24, 2.45) is 0 Å². The van der Waals surface area contributed by atoms with E-state index in [-0.39, 0.29) is 0 Å². The summed E-state index contributed by atoms with van der Waals surface area (Å²) in [4.78, 5) is 14.3. The van der Waals surface area contributed by atoms with E-state index in [2.05, 4.69) is 515 Å². The molecular weight excluding hydrogens is 1630 g/mol. The molecule has 24 aromatic rings. The number of anilines is 18. The third-order valence-corrected chi connectivity index (χ3v) is 28.7. The van der Waals surface area contributed by atoms with Gasteiger partial charge in [0.1, 0.15) is 0 Å². The molecule has 6 nitrogen and oxygen atoms in total. The van der Waals surface area contributed by atoms with E-state index in [0.717, 1.165) is 102 Å². The summed E-state index contributed by atoms with van der Waals surface area (Å²) in [6.45, 7) is 0. The molecule has 20 aromatic carbocycles. The van der Waals surface area contributed by atoms with Crippen LogP contribution in [-0.4, -0.2) is 0 Å². The smallest absolute Gasteiger partial charge is 0.0540 e. The quantitative estimate of drug-likeness (QED) is 0.0798. The molecule has 0 aliphatic carbocycles. The van der Waals surface area contributed by atoms with Crippen molar-refractivity contribution in [1.29, 1.82) is 0 Å². The van der Waals surface area contributed by atoms with Crippen molar-refractivity contribution < 1.29 is 0 Å². The maximum Gasteiger partial charge on any atom is 0.0540 e.